The van der Waals surface area contributed by atoms with Crippen LogP contribution in [-0.4, -0.2) is 47.3 Å². The SMILES string of the molecule is Cc1nc2cc(S(=O)(=O)N3CCC(C(=O)NC4CCCCC4C)CC3)ccc2n1C1CCCC1. The van der Waals surface area contributed by atoms with E-state index in [-0.39, 0.29) is 17.9 Å². The number of sulfonamides is 1. The maximum Gasteiger partial charge on any atom is 0.243 e. The quantitative estimate of drug-likeness (QED) is 0.672. The summed E-state index contributed by atoms with van der Waals surface area (Å²) in [6.45, 7) is 4.99. The van der Waals surface area contributed by atoms with E-state index in [0.717, 1.165) is 36.1 Å². The van der Waals surface area contributed by atoms with Gasteiger partial charge in [0.1, 0.15) is 5.82 Å². The molecule has 0 spiro atoms. The van der Waals surface area contributed by atoms with Crippen molar-refractivity contribution in [1.29, 1.82) is 0 Å². The highest BCUT2D eigenvalue weighted by atomic mass is 32.2. The number of imidazole rings is 1. The molecule has 186 valence electrons. The van der Waals surface area contributed by atoms with Gasteiger partial charge >= 0.3 is 0 Å². The first kappa shape index (κ1) is 23.8. The van der Waals surface area contributed by atoms with Crippen molar-refractivity contribution in [2.24, 2.45) is 11.8 Å². The summed E-state index contributed by atoms with van der Waals surface area (Å²) in [6, 6.07) is 6.11. The first-order chi connectivity index (χ1) is 16.3. The average molecular weight is 487 g/mol. The van der Waals surface area contributed by atoms with E-state index in [2.05, 4.69) is 16.8 Å². The molecule has 2 aromatic rings. The number of nitrogens with one attached hydrogen (secondary N) is 1. The highest BCUT2D eigenvalue weighted by Gasteiger charge is 2.34. The molecule has 8 heteroatoms. The third-order valence-corrected chi connectivity index (χ3v) is 10.3. The lowest BCUT2D eigenvalue weighted by Gasteiger charge is -2.34. The van der Waals surface area contributed by atoms with E-state index in [1.165, 1.54) is 32.1 Å². The molecule has 1 aromatic carbocycles. The summed E-state index contributed by atoms with van der Waals surface area (Å²) in [4.78, 5) is 17.8. The smallest absolute Gasteiger partial charge is 0.243 e. The van der Waals surface area contributed by atoms with Gasteiger partial charge in [-0.15, -0.1) is 0 Å². The molecule has 2 unspecified atom stereocenters. The molecule has 1 aliphatic heterocycles. The van der Waals surface area contributed by atoms with Crippen LogP contribution in [0.25, 0.3) is 11.0 Å². The molecule has 1 amide bonds. The second-order valence-corrected chi connectivity index (χ2v) is 12.6. The van der Waals surface area contributed by atoms with Crippen LogP contribution >= 0.6 is 0 Å². The molecule has 0 bridgehead atoms. The van der Waals surface area contributed by atoms with E-state index in [9.17, 15) is 13.2 Å². The molecule has 34 heavy (non-hydrogen) atoms. The molecule has 7 nitrogen and oxygen atoms in total. The molecule has 5 rings (SSSR count). The molecular weight excluding hydrogens is 448 g/mol. The van der Waals surface area contributed by atoms with E-state index < -0.39 is 10.0 Å². The lowest BCUT2D eigenvalue weighted by molar-refractivity contribution is -0.127. The van der Waals surface area contributed by atoms with Crippen LogP contribution in [0.2, 0.25) is 0 Å². The minimum Gasteiger partial charge on any atom is -0.353 e. The first-order valence-corrected chi connectivity index (χ1v) is 14.6. The van der Waals surface area contributed by atoms with Crippen molar-refractivity contribution in [3.63, 3.8) is 0 Å². The Labute approximate surface area is 203 Å². The van der Waals surface area contributed by atoms with Gasteiger partial charge in [-0.05, 0) is 69.6 Å². The number of hydrogen-bond acceptors (Lipinski definition) is 4. The van der Waals surface area contributed by atoms with E-state index in [1.54, 1.807) is 16.4 Å². The average Bonchev–Trinajstić information content (AvgIpc) is 3.46. The number of carbonyl (C=O) groups is 1. The number of amides is 1. The van der Waals surface area contributed by atoms with Crippen molar-refractivity contribution < 1.29 is 13.2 Å². The van der Waals surface area contributed by atoms with Crippen molar-refractivity contribution in [3.05, 3.63) is 24.0 Å². The van der Waals surface area contributed by atoms with Gasteiger partial charge in [-0.1, -0.05) is 32.6 Å². The molecule has 1 N–H and O–H groups in total. The second-order valence-electron chi connectivity index (χ2n) is 10.7. The number of aromatic nitrogens is 2. The Morgan fingerprint density at radius 3 is 2.38 bits per heavy atom. The Morgan fingerprint density at radius 1 is 1.00 bits per heavy atom. The molecule has 1 aromatic heterocycles. The number of aryl methyl sites for hydroxylation is 1. The summed E-state index contributed by atoms with van der Waals surface area (Å²) in [7, 11) is -3.61. The minimum atomic E-state index is -3.61. The number of piperidine rings is 1. The molecule has 2 atom stereocenters. The summed E-state index contributed by atoms with van der Waals surface area (Å²) in [6.07, 6.45) is 10.6. The Balaban J connectivity index is 1.26. The van der Waals surface area contributed by atoms with E-state index >= 15 is 0 Å². The second kappa shape index (κ2) is 9.61. The number of rotatable bonds is 5. The molecule has 1 saturated heterocycles. The van der Waals surface area contributed by atoms with Gasteiger partial charge in [-0.25, -0.2) is 13.4 Å². The summed E-state index contributed by atoms with van der Waals surface area (Å²) in [5.74, 6) is 1.47. The Kier molecular flexibility index (Phi) is 6.73. The summed E-state index contributed by atoms with van der Waals surface area (Å²) >= 11 is 0. The number of hydrogen-bond donors (Lipinski definition) is 1. The lowest BCUT2D eigenvalue weighted by Crippen LogP contribution is -2.47. The van der Waals surface area contributed by atoms with Crippen LogP contribution in [-0.2, 0) is 14.8 Å². The van der Waals surface area contributed by atoms with Crippen LogP contribution in [0.1, 0.15) is 83.0 Å². The predicted molar refractivity (Wildman–Crippen MR) is 133 cm³/mol. The van der Waals surface area contributed by atoms with E-state index in [0.29, 0.717) is 42.8 Å². The van der Waals surface area contributed by atoms with E-state index in [4.69, 9.17) is 4.98 Å². The topological polar surface area (TPSA) is 84.3 Å². The molecule has 2 saturated carbocycles. The third kappa shape index (κ3) is 4.51. The first-order valence-electron chi connectivity index (χ1n) is 13.1. The van der Waals surface area contributed by atoms with Crippen LogP contribution in [0, 0.1) is 18.8 Å². The third-order valence-electron chi connectivity index (χ3n) is 8.43. The zero-order valence-electron chi connectivity index (χ0n) is 20.5. The molecule has 2 aliphatic carbocycles. The van der Waals surface area contributed by atoms with Crippen molar-refractivity contribution in [2.75, 3.05) is 13.1 Å². The standard InChI is InChI=1S/C26H38N4O3S/c1-18-7-3-6-10-23(18)28-26(31)20-13-15-29(16-14-20)34(32,33)22-11-12-25-24(17-22)27-19(2)30(25)21-8-4-5-9-21/h11-12,17-18,20-21,23H,3-10,13-16H2,1-2H3,(H,28,31). The zero-order valence-corrected chi connectivity index (χ0v) is 21.3. The molecular formula is C26H38N4O3S. The number of nitrogens with zero attached hydrogens (tertiary/aromatic N) is 3. The Bertz CT molecular complexity index is 1140. The largest absolute Gasteiger partial charge is 0.353 e. The Morgan fingerprint density at radius 2 is 1.68 bits per heavy atom. The van der Waals surface area contributed by atoms with Crippen LogP contribution in [0.5, 0.6) is 0 Å². The maximum absolute atomic E-state index is 13.4. The predicted octanol–water partition coefficient (Wildman–Crippen LogP) is 4.56. The molecule has 3 fully saturated rings. The lowest BCUT2D eigenvalue weighted by atomic mass is 9.85. The van der Waals surface area contributed by atoms with Gasteiger partial charge in [0.25, 0.3) is 0 Å². The van der Waals surface area contributed by atoms with Crippen molar-refractivity contribution in [2.45, 2.75) is 95.0 Å². The van der Waals surface area contributed by atoms with Gasteiger partial charge in [-0.2, -0.15) is 4.31 Å². The van der Waals surface area contributed by atoms with Crippen molar-refractivity contribution >= 4 is 27.0 Å². The fourth-order valence-electron chi connectivity index (χ4n) is 6.32. The fourth-order valence-corrected chi connectivity index (χ4v) is 7.81. The number of benzene rings is 1. The Hall–Kier alpha value is -1.93. The highest BCUT2D eigenvalue weighted by molar-refractivity contribution is 7.89. The fraction of sp³-hybridized carbons (Fsp3) is 0.692. The van der Waals surface area contributed by atoms with Gasteiger partial charge in [-0.3, -0.25) is 4.79 Å². The van der Waals surface area contributed by atoms with Crippen LogP contribution in [0.15, 0.2) is 23.1 Å². The van der Waals surface area contributed by atoms with Gasteiger partial charge in [0.05, 0.1) is 15.9 Å². The van der Waals surface area contributed by atoms with Crippen LogP contribution in [0.4, 0.5) is 0 Å². The van der Waals surface area contributed by atoms with Gasteiger partial charge in [0.2, 0.25) is 15.9 Å². The number of fused-ring (bicyclic) bond motifs is 1. The zero-order chi connectivity index (χ0) is 23.9. The van der Waals surface area contributed by atoms with Crippen LogP contribution < -0.4 is 5.32 Å². The van der Waals surface area contributed by atoms with Crippen molar-refractivity contribution in [3.8, 4) is 0 Å². The summed E-state index contributed by atoms with van der Waals surface area (Å²) in [5.41, 5.74) is 1.78. The minimum absolute atomic E-state index is 0.102. The van der Waals surface area contributed by atoms with Gasteiger partial charge in [0.15, 0.2) is 0 Å². The summed E-state index contributed by atoms with van der Waals surface area (Å²) in [5, 5.41) is 3.26. The van der Waals surface area contributed by atoms with Crippen molar-refractivity contribution in [1.82, 2.24) is 19.2 Å². The summed E-state index contributed by atoms with van der Waals surface area (Å²) < 4.78 is 30.6. The highest BCUT2D eigenvalue weighted by Crippen LogP contribution is 2.34. The van der Waals surface area contributed by atoms with Gasteiger partial charge < -0.3 is 9.88 Å². The van der Waals surface area contributed by atoms with Gasteiger partial charge in [0, 0.05) is 31.1 Å². The molecule has 2 heterocycles. The molecule has 0 radical (unpaired) electrons. The number of carbonyl (C=O) groups excluding carboxylic acids is 1. The molecule has 3 aliphatic rings. The van der Waals surface area contributed by atoms with Crippen LogP contribution in [0.3, 0.4) is 0 Å². The van der Waals surface area contributed by atoms with E-state index in [1.807, 2.05) is 13.0 Å². The maximum atomic E-state index is 13.4. The normalized spacial score (nSPS) is 25.7. The monoisotopic (exact) mass is 486 g/mol.